The molecule has 0 bridgehead atoms. The highest BCUT2D eigenvalue weighted by Gasteiger charge is 2.42. The van der Waals surface area contributed by atoms with Gasteiger partial charge in [0.2, 0.25) is 0 Å². The van der Waals surface area contributed by atoms with Crippen LogP contribution in [0.15, 0.2) is 67.0 Å². The first-order chi connectivity index (χ1) is 16.5. The minimum atomic E-state index is -0.662. The average Bonchev–Trinajstić information content (AvgIpc) is 3.33. The van der Waals surface area contributed by atoms with E-state index in [0.29, 0.717) is 31.6 Å². The number of para-hydroxylation sites is 1. The van der Waals surface area contributed by atoms with Crippen LogP contribution in [0.3, 0.4) is 0 Å². The van der Waals surface area contributed by atoms with Crippen molar-refractivity contribution >= 4 is 17.5 Å². The van der Waals surface area contributed by atoms with Crippen LogP contribution >= 0.6 is 0 Å². The van der Waals surface area contributed by atoms with E-state index in [1.54, 1.807) is 4.90 Å². The number of aromatic nitrogens is 2. The molecule has 1 aromatic heterocycles. The molecule has 1 atom stereocenters. The maximum absolute atomic E-state index is 14.1. The quantitative estimate of drug-likeness (QED) is 0.601. The number of carbonyl (C=O) groups is 2. The van der Waals surface area contributed by atoms with Crippen molar-refractivity contribution in [3.8, 4) is 0 Å². The first kappa shape index (κ1) is 22.2. The largest absolute Gasteiger partial charge is 0.368 e. The van der Waals surface area contributed by atoms with Gasteiger partial charge in [0.1, 0.15) is 0 Å². The van der Waals surface area contributed by atoms with E-state index in [2.05, 4.69) is 40.4 Å². The highest BCUT2D eigenvalue weighted by molar-refractivity contribution is 5.98. The van der Waals surface area contributed by atoms with Gasteiger partial charge in [-0.3, -0.25) is 9.59 Å². The molecule has 176 valence electrons. The van der Waals surface area contributed by atoms with Crippen molar-refractivity contribution in [1.82, 2.24) is 19.4 Å². The Morgan fingerprint density at radius 1 is 0.882 bits per heavy atom. The van der Waals surface area contributed by atoms with Crippen molar-refractivity contribution in [2.45, 2.75) is 32.4 Å². The van der Waals surface area contributed by atoms with Crippen LogP contribution in [-0.2, 0) is 11.2 Å². The van der Waals surface area contributed by atoms with Crippen LogP contribution in [0.25, 0.3) is 0 Å². The van der Waals surface area contributed by atoms with E-state index in [1.165, 1.54) is 5.69 Å². The van der Waals surface area contributed by atoms with Crippen molar-refractivity contribution in [1.29, 1.82) is 0 Å². The maximum Gasteiger partial charge on any atom is 0.254 e. The van der Waals surface area contributed by atoms with E-state index >= 15 is 0 Å². The van der Waals surface area contributed by atoms with E-state index in [1.807, 2.05) is 59.8 Å². The maximum atomic E-state index is 14.1. The first-order valence-electron chi connectivity index (χ1n) is 12.0. The molecule has 2 aliphatic rings. The number of nitrogens with zero attached hydrogens (tertiary/aromatic N) is 5. The van der Waals surface area contributed by atoms with E-state index in [4.69, 9.17) is 0 Å². The summed E-state index contributed by atoms with van der Waals surface area (Å²) in [7, 11) is 0. The SMILES string of the molecule is CC(C)n1cnc2c1C(C(=O)N1CCN(c3ccccc3)CC1)N(C(=O)c1ccccc1)CC2. The molecule has 0 spiro atoms. The van der Waals surface area contributed by atoms with Gasteiger partial charge in [0, 0.05) is 56.4 Å². The number of amides is 2. The van der Waals surface area contributed by atoms with Crippen LogP contribution in [-0.4, -0.2) is 63.9 Å². The van der Waals surface area contributed by atoms with Gasteiger partial charge >= 0.3 is 0 Å². The number of rotatable bonds is 4. The summed E-state index contributed by atoms with van der Waals surface area (Å²) in [5.41, 5.74) is 3.56. The second-order valence-corrected chi connectivity index (χ2v) is 9.24. The predicted octanol–water partition coefficient (Wildman–Crippen LogP) is 3.55. The summed E-state index contributed by atoms with van der Waals surface area (Å²) in [6.45, 7) is 7.44. The molecule has 1 saturated heterocycles. The molecule has 2 aromatic carbocycles. The Kier molecular flexibility index (Phi) is 6.09. The molecule has 3 heterocycles. The van der Waals surface area contributed by atoms with Crippen molar-refractivity contribution in [3.05, 3.63) is 83.9 Å². The zero-order valence-electron chi connectivity index (χ0n) is 19.8. The Bertz CT molecular complexity index is 1150. The summed E-state index contributed by atoms with van der Waals surface area (Å²) in [6, 6.07) is 19.0. The molecule has 1 fully saturated rings. The van der Waals surface area contributed by atoms with Gasteiger partial charge in [-0.15, -0.1) is 0 Å². The van der Waals surface area contributed by atoms with Crippen molar-refractivity contribution < 1.29 is 9.59 Å². The molecule has 34 heavy (non-hydrogen) atoms. The van der Waals surface area contributed by atoms with Gasteiger partial charge in [0.25, 0.3) is 11.8 Å². The van der Waals surface area contributed by atoms with Gasteiger partial charge in [-0.05, 0) is 38.1 Å². The van der Waals surface area contributed by atoms with E-state index in [9.17, 15) is 9.59 Å². The molecule has 0 radical (unpaired) electrons. The van der Waals surface area contributed by atoms with Gasteiger partial charge in [-0.2, -0.15) is 0 Å². The average molecular weight is 458 g/mol. The lowest BCUT2D eigenvalue weighted by Crippen LogP contribution is -2.54. The topological polar surface area (TPSA) is 61.7 Å². The Hall–Kier alpha value is -3.61. The van der Waals surface area contributed by atoms with Gasteiger partial charge in [-0.1, -0.05) is 36.4 Å². The van der Waals surface area contributed by atoms with Crippen LogP contribution < -0.4 is 4.90 Å². The summed E-state index contributed by atoms with van der Waals surface area (Å²) >= 11 is 0. The standard InChI is InChI=1S/C27H31N5O2/c1-20(2)32-19-28-23-13-14-31(26(33)21-9-5-3-6-10-21)25(24(23)32)27(34)30-17-15-29(16-18-30)22-11-7-4-8-12-22/h3-12,19-20,25H,13-18H2,1-2H3. The van der Waals surface area contributed by atoms with Crippen LogP contribution in [0, 0.1) is 0 Å². The van der Waals surface area contributed by atoms with Crippen molar-refractivity contribution in [3.63, 3.8) is 0 Å². The number of anilines is 1. The van der Waals surface area contributed by atoms with Crippen LogP contribution in [0.1, 0.15) is 47.7 Å². The van der Waals surface area contributed by atoms with Crippen LogP contribution in [0.2, 0.25) is 0 Å². The fraction of sp³-hybridized carbons (Fsp3) is 0.370. The summed E-state index contributed by atoms with van der Waals surface area (Å²) in [5.74, 6) is -0.121. The molecule has 7 nitrogen and oxygen atoms in total. The van der Waals surface area contributed by atoms with E-state index in [-0.39, 0.29) is 17.9 Å². The van der Waals surface area contributed by atoms with Gasteiger partial charge < -0.3 is 19.3 Å². The lowest BCUT2D eigenvalue weighted by molar-refractivity contribution is -0.137. The predicted molar refractivity (Wildman–Crippen MR) is 132 cm³/mol. The van der Waals surface area contributed by atoms with Crippen molar-refractivity contribution in [2.75, 3.05) is 37.6 Å². The lowest BCUT2D eigenvalue weighted by Gasteiger charge is -2.41. The molecular weight excluding hydrogens is 426 g/mol. The fourth-order valence-corrected chi connectivity index (χ4v) is 5.03. The highest BCUT2D eigenvalue weighted by Crippen LogP contribution is 2.34. The molecule has 2 amide bonds. The van der Waals surface area contributed by atoms with E-state index < -0.39 is 6.04 Å². The molecule has 7 heteroatoms. The third kappa shape index (κ3) is 4.06. The molecular formula is C27H31N5O2. The normalized spacial score (nSPS) is 18.2. The fourth-order valence-electron chi connectivity index (χ4n) is 5.03. The molecule has 3 aromatic rings. The minimum Gasteiger partial charge on any atom is -0.368 e. The zero-order valence-corrected chi connectivity index (χ0v) is 19.8. The van der Waals surface area contributed by atoms with Gasteiger partial charge in [0.15, 0.2) is 6.04 Å². The molecule has 0 N–H and O–H groups in total. The van der Waals surface area contributed by atoms with Crippen molar-refractivity contribution in [2.24, 2.45) is 0 Å². The number of benzene rings is 2. The summed E-state index contributed by atoms with van der Waals surface area (Å²) in [4.78, 5) is 38.2. The molecule has 5 rings (SSSR count). The Morgan fingerprint density at radius 2 is 1.53 bits per heavy atom. The van der Waals surface area contributed by atoms with Crippen LogP contribution in [0.4, 0.5) is 5.69 Å². The number of fused-ring (bicyclic) bond motifs is 1. The third-order valence-corrected chi connectivity index (χ3v) is 6.86. The Labute approximate surface area is 200 Å². The lowest BCUT2D eigenvalue weighted by atomic mass is 9.98. The number of carbonyl (C=O) groups excluding carboxylic acids is 2. The molecule has 0 saturated carbocycles. The van der Waals surface area contributed by atoms with E-state index in [0.717, 1.165) is 24.5 Å². The van der Waals surface area contributed by atoms with Crippen LogP contribution in [0.5, 0.6) is 0 Å². The second-order valence-electron chi connectivity index (χ2n) is 9.24. The molecule has 2 aliphatic heterocycles. The number of hydrogen-bond acceptors (Lipinski definition) is 4. The zero-order chi connectivity index (χ0) is 23.7. The number of piperazine rings is 1. The Balaban J connectivity index is 1.44. The first-order valence-corrected chi connectivity index (χ1v) is 12.0. The smallest absolute Gasteiger partial charge is 0.254 e. The molecule has 1 unspecified atom stereocenters. The minimum absolute atomic E-state index is 0.0136. The second kappa shape index (κ2) is 9.33. The summed E-state index contributed by atoms with van der Waals surface area (Å²) in [6.07, 6.45) is 2.47. The summed E-state index contributed by atoms with van der Waals surface area (Å²) < 4.78 is 2.06. The van der Waals surface area contributed by atoms with Gasteiger partial charge in [0.05, 0.1) is 17.7 Å². The molecule has 0 aliphatic carbocycles. The number of hydrogen-bond donors (Lipinski definition) is 0. The third-order valence-electron chi connectivity index (χ3n) is 6.86. The monoisotopic (exact) mass is 457 g/mol. The van der Waals surface area contributed by atoms with Gasteiger partial charge in [-0.25, -0.2) is 4.98 Å². The Morgan fingerprint density at radius 3 is 2.18 bits per heavy atom. The summed E-state index contributed by atoms with van der Waals surface area (Å²) in [5, 5.41) is 0. The highest BCUT2D eigenvalue weighted by atomic mass is 16.2. The number of imidazole rings is 1.